The first kappa shape index (κ1) is 16.9. The van der Waals surface area contributed by atoms with E-state index in [-0.39, 0.29) is 24.8 Å². The van der Waals surface area contributed by atoms with Crippen molar-refractivity contribution in [2.75, 3.05) is 27.2 Å². The highest BCUT2D eigenvalue weighted by atomic mass is 35.5. The SMILES string of the molecule is CNCCN(C)C1CCCCC1.Cl.Cl. The van der Waals surface area contributed by atoms with Gasteiger partial charge in [-0.15, -0.1) is 24.8 Å². The number of nitrogens with zero attached hydrogens (tertiary/aromatic N) is 1. The van der Waals surface area contributed by atoms with Crippen molar-refractivity contribution in [3.63, 3.8) is 0 Å². The van der Waals surface area contributed by atoms with Crippen LogP contribution in [0.2, 0.25) is 0 Å². The lowest BCUT2D eigenvalue weighted by Gasteiger charge is -2.31. The fraction of sp³-hybridized carbons (Fsp3) is 1.00. The molecule has 1 saturated carbocycles. The van der Waals surface area contributed by atoms with Crippen molar-refractivity contribution in [3.05, 3.63) is 0 Å². The van der Waals surface area contributed by atoms with E-state index in [0.29, 0.717) is 0 Å². The van der Waals surface area contributed by atoms with Crippen LogP contribution in [0.5, 0.6) is 0 Å². The van der Waals surface area contributed by atoms with Crippen LogP contribution < -0.4 is 5.32 Å². The Morgan fingerprint density at radius 1 is 1.14 bits per heavy atom. The zero-order valence-corrected chi connectivity index (χ0v) is 10.9. The van der Waals surface area contributed by atoms with Crippen molar-refractivity contribution in [2.24, 2.45) is 0 Å². The summed E-state index contributed by atoms with van der Waals surface area (Å²) in [6.07, 6.45) is 7.17. The van der Waals surface area contributed by atoms with E-state index in [4.69, 9.17) is 0 Å². The van der Waals surface area contributed by atoms with Crippen molar-refractivity contribution >= 4 is 24.8 Å². The highest BCUT2D eigenvalue weighted by Crippen LogP contribution is 2.20. The van der Waals surface area contributed by atoms with Crippen molar-refractivity contribution in [3.8, 4) is 0 Å². The summed E-state index contributed by atoms with van der Waals surface area (Å²) in [7, 11) is 4.28. The minimum absolute atomic E-state index is 0. The van der Waals surface area contributed by atoms with Crippen molar-refractivity contribution in [1.29, 1.82) is 0 Å². The molecule has 1 fully saturated rings. The molecule has 0 aromatic heterocycles. The van der Waals surface area contributed by atoms with Crippen LogP contribution in [0.15, 0.2) is 0 Å². The zero-order chi connectivity index (χ0) is 8.81. The molecule has 0 bridgehead atoms. The van der Waals surface area contributed by atoms with Gasteiger partial charge in [0.25, 0.3) is 0 Å². The molecule has 14 heavy (non-hydrogen) atoms. The Labute approximate surface area is 101 Å². The molecule has 0 unspecified atom stereocenters. The summed E-state index contributed by atoms with van der Waals surface area (Å²) in [4.78, 5) is 2.51. The molecule has 0 aliphatic heterocycles. The summed E-state index contributed by atoms with van der Waals surface area (Å²) in [5.74, 6) is 0. The van der Waals surface area contributed by atoms with Crippen LogP contribution in [0.3, 0.4) is 0 Å². The first-order valence-electron chi connectivity index (χ1n) is 5.19. The van der Waals surface area contributed by atoms with E-state index < -0.39 is 0 Å². The zero-order valence-electron chi connectivity index (χ0n) is 9.29. The third kappa shape index (κ3) is 6.07. The van der Waals surface area contributed by atoms with Gasteiger partial charge < -0.3 is 10.2 Å². The lowest BCUT2D eigenvalue weighted by Crippen LogP contribution is -2.37. The molecule has 1 rings (SSSR count). The normalized spacial score (nSPS) is 17.4. The Morgan fingerprint density at radius 2 is 1.71 bits per heavy atom. The van der Waals surface area contributed by atoms with Crippen molar-refractivity contribution in [1.82, 2.24) is 10.2 Å². The number of hydrogen-bond donors (Lipinski definition) is 1. The van der Waals surface area contributed by atoms with Crippen LogP contribution in [0.25, 0.3) is 0 Å². The van der Waals surface area contributed by atoms with E-state index in [0.717, 1.165) is 12.6 Å². The average Bonchev–Trinajstić information content (AvgIpc) is 2.15. The van der Waals surface area contributed by atoms with Crippen LogP contribution in [-0.2, 0) is 0 Å². The van der Waals surface area contributed by atoms with Crippen LogP contribution in [-0.4, -0.2) is 38.1 Å². The van der Waals surface area contributed by atoms with E-state index in [1.165, 1.54) is 38.6 Å². The molecule has 4 heteroatoms. The van der Waals surface area contributed by atoms with E-state index in [2.05, 4.69) is 17.3 Å². The smallest absolute Gasteiger partial charge is 0.0107 e. The fourth-order valence-corrected chi connectivity index (χ4v) is 1.99. The molecular formula is C10H24Cl2N2. The van der Waals surface area contributed by atoms with Crippen LogP contribution in [0.4, 0.5) is 0 Å². The third-order valence-electron chi connectivity index (χ3n) is 2.91. The molecule has 1 N–H and O–H groups in total. The van der Waals surface area contributed by atoms with Gasteiger partial charge in [0.15, 0.2) is 0 Å². The predicted octanol–water partition coefficient (Wildman–Crippen LogP) is 2.31. The molecule has 2 nitrogen and oxygen atoms in total. The summed E-state index contributed by atoms with van der Waals surface area (Å²) >= 11 is 0. The number of rotatable bonds is 4. The minimum atomic E-state index is 0. The van der Waals surface area contributed by atoms with Gasteiger partial charge in [-0.25, -0.2) is 0 Å². The number of halogens is 2. The molecular weight excluding hydrogens is 219 g/mol. The van der Waals surface area contributed by atoms with Crippen molar-refractivity contribution in [2.45, 2.75) is 38.1 Å². The molecule has 0 aromatic rings. The Hall–Kier alpha value is 0.500. The second-order valence-electron chi connectivity index (χ2n) is 3.88. The first-order chi connectivity index (χ1) is 5.84. The molecule has 0 atom stereocenters. The average molecular weight is 243 g/mol. The summed E-state index contributed by atoms with van der Waals surface area (Å²) in [6, 6.07) is 0.868. The quantitative estimate of drug-likeness (QED) is 0.815. The highest BCUT2D eigenvalue weighted by molar-refractivity contribution is 5.85. The summed E-state index contributed by atoms with van der Waals surface area (Å²) in [6.45, 7) is 2.31. The monoisotopic (exact) mass is 242 g/mol. The molecule has 0 spiro atoms. The summed E-state index contributed by atoms with van der Waals surface area (Å²) in [5.41, 5.74) is 0. The first-order valence-corrected chi connectivity index (χ1v) is 5.19. The van der Waals surface area contributed by atoms with Gasteiger partial charge in [-0.1, -0.05) is 19.3 Å². The third-order valence-corrected chi connectivity index (χ3v) is 2.91. The number of likely N-dealkylation sites (N-methyl/N-ethyl adjacent to an activating group) is 2. The standard InChI is InChI=1S/C10H22N2.2ClH/c1-11-8-9-12(2)10-6-4-3-5-7-10;;/h10-11H,3-9H2,1-2H3;2*1H. The Balaban J connectivity index is 0. The van der Waals surface area contributed by atoms with Gasteiger partial charge in [0.05, 0.1) is 0 Å². The lowest BCUT2D eigenvalue weighted by atomic mass is 9.94. The fourth-order valence-electron chi connectivity index (χ4n) is 1.99. The Morgan fingerprint density at radius 3 is 2.21 bits per heavy atom. The van der Waals surface area contributed by atoms with Gasteiger partial charge >= 0.3 is 0 Å². The second kappa shape index (κ2) is 10.0. The van der Waals surface area contributed by atoms with Gasteiger partial charge in [-0.05, 0) is 26.9 Å². The summed E-state index contributed by atoms with van der Waals surface area (Å²) < 4.78 is 0. The molecule has 0 aromatic carbocycles. The topological polar surface area (TPSA) is 15.3 Å². The van der Waals surface area contributed by atoms with E-state index in [1.54, 1.807) is 0 Å². The highest BCUT2D eigenvalue weighted by Gasteiger charge is 2.16. The van der Waals surface area contributed by atoms with Gasteiger partial charge in [0, 0.05) is 19.1 Å². The van der Waals surface area contributed by atoms with Crippen LogP contribution in [0.1, 0.15) is 32.1 Å². The summed E-state index contributed by atoms with van der Waals surface area (Å²) in [5, 5.41) is 3.20. The van der Waals surface area contributed by atoms with Gasteiger partial charge in [0.1, 0.15) is 0 Å². The Kier molecular flexibility index (Phi) is 12.1. The Bertz CT molecular complexity index is 117. The molecule has 1 aliphatic rings. The predicted molar refractivity (Wildman–Crippen MR) is 67.9 cm³/mol. The van der Waals surface area contributed by atoms with Crippen LogP contribution >= 0.6 is 24.8 Å². The molecule has 1 aliphatic carbocycles. The molecule has 0 heterocycles. The second-order valence-corrected chi connectivity index (χ2v) is 3.88. The maximum absolute atomic E-state index is 3.20. The number of nitrogens with one attached hydrogen (secondary N) is 1. The maximum atomic E-state index is 3.20. The maximum Gasteiger partial charge on any atom is 0.0107 e. The largest absolute Gasteiger partial charge is 0.318 e. The van der Waals surface area contributed by atoms with Crippen LogP contribution in [0, 0.1) is 0 Å². The molecule has 0 amide bonds. The van der Waals surface area contributed by atoms with Gasteiger partial charge in [-0.3, -0.25) is 0 Å². The van der Waals surface area contributed by atoms with Gasteiger partial charge in [-0.2, -0.15) is 0 Å². The van der Waals surface area contributed by atoms with E-state index >= 15 is 0 Å². The van der Waals surface area contributed by atoms with Crippen molar-refractivity contribution < 1.29 is 0 Å². The molecule has 88 valence electrons. The van der Waals surface area contributed by atoms with E-state index in [9.17, 15) is 0 Å². The molecule has 0 radical (unpaired) electrons. The molecule has 0 saturated heterocycles. The number of hydrogen-bond acceptors (Lipinski definition) is 2. The minimum Gasteiger partial charge on any atom is -0.318 e. The lowest BCUT2D eigenvalue weighted by molar-refractivity contribution is 0.193. The van der Waals surface area contributed by atoms with E-state index in [1.807, 2.05) is 7.05 Å². The van der Waals surface area contributed by atoms with Gasteiger partial charge in [0.2, 0.25) is 0 Å².